The van der Waals surface area contributed by atoms with E-state index < -0.39 is 0 Å². The Bertz CT molecular complexity index is 517. The summed E-state index contributed by atoms with van der Waals surface area (Å²) in [5, 5.41) is 2.91. The molecule has 0 N–H and O–H groups in total. The van der Waals surface area contributed by atoms with Gasteiger partial charge in [0, 0.05) is 11.8 Å². The van der Waals surface area contributed by atoms with E-state index in [1.165, 1.54) is 21.9 Å². The van der Waals surface area contributed by atoms with Crippen LogP contribution in [0.3, 0.4) is 0 Å². The molecule has 2 atom stereocenters. The molecular weight excluding hydrogens is 168 g/mol. The third-order valence-electron chi connectivity index (χ3n) is 3.60. The fourth-order valence-corrected chi connectivity index (χ4v) is 2.88. The van der Waals surface area contributed by atoms with Crippen LogP contribution in [0.15, 0.2) is 48.6 Å². The lowest BCUT2D eigenvalue weighted by atomic mass is 9.80. The quantitative estimate of drug-likeness (QED) is 0.541. The number of hydrogen-bond donors (Lipinski definition) is 0. The van der Waals surface area contributed by atoms with Crippen LogP contribution in [0, 0.1) is 0 Å². The SMILES string of the molecule is C1=C[C@H]2c3cccc4cccc(c34)[C@@H]12. The molecule has 0 amide bonds. The van der Waals surface area contributed by atoms with E-state index in [2.05, 4.69) is 48.6 Å². The second-order valence-electron chi connectivity index (χ2n) is 4.23. The second kappa shape index (κ2) is 2.09. The van der Waals surface area contributed by atoms with Crippen molar-refractivity contribution in [3.63, 3.8) is 0 Å². The summed E-state index contributed by atoms with van der Waals surface area (Å²) in [4.78, 5) is 0. The lowest BCUT2D eigenvalue weighted by molar-refractivity contribution is 0.709. The maximum atomic E-state index is 2.33. The highest BCUT2D eigenvalue weighted by molar-refractivity contribution is 5.93. The van der Waals surface area contributed by atoms with Gasteiger partial charge in [0.25, 0.3) is 0 Å². The molecule has 2 aromatic rings. The van der Waals surface area contributed by atoms with Crippen molar-refractivity contribution in [2.75, 3.05) is 0 Å². The first-order valence-electron chi connectivity index (χ1n) is 5.15. The minimum Gasteiger partial charge on any atom is -0.0794 e. The van der Waals surface area contributed by atoms with E-state index in [1.807, 2.05) is 0 Å². The van der Waals surface area contributed by atoms with Crippen LogP contribution in [0.1, 0.15) is 23.0 Å². The molecule has 0 heterocycles. The van der Waals surface area contributed by atoms with Gasteiger partial charge in [-0.25, -0.2) is 0 Å². The molecule has 0 saturated heterocycles. The average molecular weight is 178 g/mol. The van der Waals surface area contributed by atoms with Crippen molar-refractivity contribution < 1.29 is 0 Å². The van der Waals surface area contributed by atoms with E-state index in [0.717, 1.165) is 0 Å². The summed E-state index contributed by atoms with van der Waals surface area (Å²) in [6.07, 6.45) is 4.67. The normalized spacial score (nSPS) is 26.3. The van der Waals surface area contributed by atoms with Gasteiger partial charge >= 0.3 is 0 Å². The first kappa shape index (κ1) is 6.83. The zero-order chi connectivity index (χ0) is 9.12. The van der Waals surface area contributed by atoms with E-state index in [9.17, 15) is 0 Å². The highest BCUT2D eigenvalue weighted by atomic mass is 14.4. The number of rotatable bonds is 0. The van der Waals surface area contributed by atoms with E-state index >= 15 is 0 Å². The van der Waals surface area contributed by atoms with Gasteiger partial charge in [0.1, 0.15) is 0 Å². The Morgan fingerprint density at radius 3 is 1.79 bits per heavy atom. The maximum absolute atomic E-state index is 2.33. The zero-order valence-corrected chi connectivity index (χ0v) is 7.77. The topological polar surface area (TPSA) is 0 Å². The minimum atomic E-state index is 0.677. The summed E-state index contributed by atoms with van der Waals surface area (Å²) in [5.41, 5.74) is 3.07. The van der Waals surface area contributed by atoms with Gasteiger partial charge in [0.15, 0.2) is 0 Å². The Morgan fingerprint density at radius 2 is 1.29 bits per heavy atom. The standard InChI is InChI=1S/C14H10/c1-3-9-4-2-6-13-11-8-7-10(11)12(5-1)14(9)13/h1-8,10-11H/t10-,11+. The van der Waals surface area contributed by atoms with Crippen molar-refractivity contribution in [3.05, 3.63) is 59.7 Å². The number of hydrogen-bond acceptors (Lipinski definition) is 0. The predicted octanol–water partition coefficient (Wildman–Crippen LogP) is 3.59. The molecule has 0 radical (unpaired) electrons. The van der Waals surface area contributed by atoms with Gasteiger partial charge in [-0.1, -0.05) is 48.6 Å². The molecule has 66 valence electrons. The summed E-state index contributed by atoms with van der Waals surface area (Å²) in [6.45, 7) is 0. The van der Waals surface area contributed by atoms with E-state index in [-0.39, 0.29) is 0 Å². The molecule has 0 fully saturated rings. The van der Waals surface area contributed by atoms with Crippen LogP contribution in [-0.4, -0.2) is 0 Å². The van der Waals surface area contributed by atoms with Crippen molar-refractivity contribution in [2.45, 2.75) is 11.8 Å². The summed E-state index contributed by atoms with van der Waals surface area (Å²) >= 11 is 0. The number of benzene rings is 2. The Labute approximate surface area is 82.9 Å². The molecule has 0 nitrogen and oxygen atoms in total. The third kappa shape index (κ3) is 0.598. The smallest absolute Gasteiger partial charge is 0.0128 e. The lowest BCUT2D eigenvalue weighted by Gasteiger charge is -2.23. The average Bonchev–Trinajstić information content (AvgIpc) is 2.36. The molecule has 0 saturated carbocycles. The Hall–Kier alpha value is -1.56. The van der Waals surface area contributed by atoms with Crippen LogP contribution in [0.25, 0.3) is 10.8 Å². The Balaban J connectivity index is 2.26. The van der Waals surface area contributed by atoms with Crippen molar-refractivity contribution in [2.24, 2.45) is 0 Å². The molecule has 2 aliphatic rings. The molecule has 2 aromatic carbocycles. The highest BCUT2D eigenvalue weighted by Crippen LogP contribution is 2.52. The zero-order valence-electron chi connectivity index (χ0n) is 7.77. The fourth-order valence-electron chi connectivity index (χ4n) is 2.88. The van der Waals surface area contributed by atoms with Crippen molar-refractivity contribution in [1.29, 1.82) is 0 Å². The van der Waals surface area contributed by atoms with E-state index in [0.29, 0.717) is 11.8 Å². The van der Waals surface area contributed by atoms with Crippen molar-refractivity contribution in [3.8, 4) is 0 Å². The first-order chi connectivity index (χ1) is 6.95. The van der Waals surface area contributed by atoms with Crippen LogP contribution >= 0.6 is 0 Å². The van der Waals surface area contributed by atoms with Gasteiger partial charge in [-0.05, 0) is 21.9 Å². The molecule has 4 rings (SSSR count). The van der Waals surface area contributed by atoms with E-state index in [1.54, 1.807) is 0 Å². The summed E-state index contributed by atoms with van der Waals surface area (Å²) in [5.74, 6) is 1.35. The van der Waals surface area contributed by atoms with Gasteiger partial charge in [-0.15, -0.1) is 0 Å². The second-order valence-corrected chi connectivity index (χ2v) is 4.23. The summed E-state index contributed by atoms with van der Waals surface area (Å²) in [6, 6.07) is 13.3. The van der Waals surface area contributed by atoms with Gasteiger partial charge in [-0.2, -0.15) is 0 Å². The molecule has 0 aliphatic heterocycles. The van der Waals surface area contributed by atoms with Crippen LogP contribution < -0.4 is 0 Å². The highest BCUT2D eigenvalue weighted by Gasteiger charge is 2.35. The molecule has 0 aromatic heterocycles. The monoisotopic (exact) mass is 178 g/mol. The lowest BCUT2D eigenvalue weighted by Crippen LogP contribution is -2.07. The number of fused-ring (bicyclic) bond motifs is 3. The molecule has 0 bridgehead atoms. The third-order valence-corrected chi connectivity index (χ3v) is 3.60. The number of allylic oxidation sites excluding steroid dienone is 2. The van der Waals surface area contributed by atoms with Gasteiger partial charge < -0.3 is 0 Å². The fraction of sp³-hybridized carbons (Fsp3) is 0.143. The molecule has 0 heteroatoms. The van der Waals surface area contributed by atoms with Crippen LogP contribution in [0.4, 0.5) is 0 Å². The van der Waals surface area contributed by atoms with Crippen LogP contribution in [0.5, 0.6) is 0 Å². The molecule has 0 spiro atoms. The summed E-state index contributed by atoms with van der Waals surface area (Å²) in [7, 11) is 0. The van der Waals surface area contributed by atoms with Crippen molar-refractivity contribution in [1.82, 2.24) is 0 Å². The predicted molar refractivity (Wildman–Crippen MR) is 58.6 cm³/mol. The van der Waals surface area contributed by atoms with Crippen LogP contribution in [0.2, 0.25) is 0 Å². The molecule has 14 heavy (non-hydrogen) atoms. The Morgan fingerprint density at radius 1 is 0.714 bits per heavy atom. The largest absolute Gasteiger partial charge is 0.0794 e. The van der Waals surface area contributed by atoms with Gasteiger partial charge in [0.05, 0.1) is 0 Å². The molecular formula is C14H10. The van der Waals surface area contributed by atoms with Crippen molar-refractivity contribution >= 4 is 10.8 Å². The maximum Gasteiger partial charge on any atom is 0.0128 e. The summed E-state index contributed by atoms with van der Waals surface area (Å²) < 4.78 is 0. The van der Waals surface area contributed by atoms with E-state index in [4.69, 9.17) is 0 Å². The first-order valence-corrected chi connectivity index (χ1v) is 5.15. The Kier molecular flexibility index (Phi) is 1.02. The molecule has 0 unspecified atom stereocenters. The minimum absolute atomic E-state index is 0.677. The van der Waals surface area contributed by atoms with Gasteiger partial charge in [0.2, 0.25) is 0 Å². The molecule has 2 aliphatic carbocycles. The van der Waals surface area contributed by atoms with Crippen LogP contribution in [-0.2, 0) is 0 Å². The van der Waals surface area contributed by atoms with Gasteiger partial charge in [-0.3, -0.25) is 0 Å².